The molecule has 20 heavy (non-hydrogen) atoms. The highest BCUT2D eigenvalue weighted by Crippen LogP contribution is 2.22. The van der Waals surface area contributed by atoms with E-state index < -0.39 is 0 Å². The van der Waals surface area contributed by atoms with Gasteiger partial charge in [-0.15, -0.1) is 11.3 Å². The van der Waals surface area contributed by atoms with Gasteiger partial charge in [-0.3, -0.25) is 0 Å². The molecule has 0 aliphatic rings. The molecular formula is C17H32N2S. The van der Waals surface area contributed by atoms with E-state index in [9.17, 15) is 0 Å². The molecular weight excluding hydrogens is 264 g/mol. The smallest absolute Gasteiger partial charge is 0.0898 e. The second-order valence-electron chi connectivity index (χ2n) is 5.71. The van der Waals surface area contributed by atoms with Crippen LogP contribution in [0.5, 0.6) is 0 Å². The Kier molecular flexibility index (Phi) is 9.94. The van der Waals surface area contributed by atoms with Crippen LogP contribution in [0.15, 0.2) is 5.38 Å². The number of nitrogens with one attached hydrogen (secondary N) is 1. The summed E-state index contributed by atoms with van der Waals surface area (Å²) in [4.78, 5) is 4.66. The maximum atomic E-state index is 4.66. The number of nitrogens with zero attached hydrogens (tertiary/aromatic N) is 1. The van der Waals surface area contributed by atoms with Crippen molar-refractivity contribution >= 4 is 11.3 Å². The van der Waals surface area contributed by atoms with Crippen LogP contribution in [0.4, 0.5) is 0 Å². The number of aryl methyl sites for hydroxylation is 1. The van der Waals surface area contributed by atoms with Crippen molar-refractivity contribution in [1.29, 1.82) is 0 Å². The molecule has 0 amide bonds. The molecule has 0 aromatic carbocycles. The van der Waals surface area contributed by atoms with Crippen molar-refractivity contribution in [3.05, 3.63) is 16.1 Å². The molecule has 1 aromatic heterocycles. The largest absolute Gasteiger partial charge is 0.309 e. The standard InChI is InChI=1S/C17H32N2S/c1-4-6-7-8-9-10-11-12-16(18-13-5-2)17-14-20-15(3)19-17/h14,16,18H,4-13H2,1-3H3. The Morgan fingerprint density at radius 2 is 1.75 bits per heavy atom. The van der Waals surface area contributed by atoms with Gasteiger partial charge in [0.05, 0.1) is 16.7 Å². The lowest BCUT2D eigenvalue weighted by Gasteiger charge is -2.16. The molecule has 0 aliphatic carbocycles. The second kappa shape index (κ2) is 11.3. The van der Waals surface area contributed by atoms with Gasteiger partial charge in [0, 0.05) is 5.38 Å². The van der Waals surface area contributed by atoms with Crippen LogP contribution >= 0.6 is 11.3 Å². The van der Waals surface area contributed by atoms with E-state index in [1.54, 1.807) is 11.3 Å². The maximum Gasteiger partial charge on any atom is 0.0898 e. The topological polar surface area (TPSA) is 24.9 Å². The summed E-state index contributed by atoms with van der Waals surface area (Å²) in [5.74, 6) is 0. The Hall–Kier alpha value is -0.410. The minimum atomic E-state index is 0.468. The molecule has 1 rings (SSSR count). The average Bonchev–Trinajstić information content (AvgIpc) is 2.87. The first-order chi connectivity index (χ1) is 9.77. The van der Waals surface area contributed by atoms with Crippen molar-refractivity contribution in [3.8, 4) is 0 Å². The summed E-state index contributed by atoms with van der Waals surface area (Å²) in [5.41, 5.74) is 1.26. The predicted molar refractivity (Wildman–Crippen MR) is 90.5 cm³/mol. The molecule has 1 atom stereocenters. The number of hydrogen-bond acceptors (Lipinski definition) is 3. The Labute approximate surface area is 129 Å². The third-order valence-corrected chi connectivity index (χ3v) is 4.52. The van der Waals surface area contributed by atoms with Gasteiger partial charge in [0.25, 0.3) is 0 Å². The first-order valence-electron chi connectivity index (χ1n) is 8.43. The summed E-state index contributed by atoms with van der Waals surface area (Å²) in [6.07, 6.45) is 12.1. The summed E-state index contributed by atoms with van der Waals surface area (Å²) < 4.78 is 0. The highest BCUT2D eigenvalue weighted by molar-refractivity contribution is 7.09. The lowest BCUT2D eigenvalue weighted by Crippen LogP contribution is -2.22. The zero-order valence-electron chi connectivity index (χ0n) is 13.6. The van der Waals surface area contributed by atoms with Crippen LogP contribution in [0.2, 0.25) is 0 Å². The van der Waals surface area contributed by atoms with Crippen molar-refractivity contribution in [2.24, 2.45) is 0 Å². The molecule has 0 fully saturated rings. The zero-order valence-corrected chi connectivity index (χ0v) is 14.4. The van der Waals surface area contributed by atoms with E-state index in [1.807, 2.05) is 0 Å². The minimum absolute atomic E-state index is 0.468. The molecule has 1 aromatic rings. The normalized spacial score (nSPS) is 12.8. The molecule has 0 bridgehead atoms. The summed E-state index contributed by atoms with van der Waals surface area (Å²) in [5, 5.41) is 7.06. The molecule has 0 saturated carbocycles. The van der Waals surface area contributed by atoms with Crippen LogP contribution in [0, 0.1) is 6.92 Å². The average molecular weight is 297 g/mol. The molecule has 3 heteroatoms. The number of unbranched alkanes of at least 4 members (excludes halogenated alkanes) is 6. The number of hydrogen-bond donors (Lipinski definition) is 1. The first-order valence-corrected chi connectivity index (χ1v) is 9.31. The van der Waals surface area contributed by atoms with Crippen LogP contribution in [0.3, 0.4) is 0 Å². The van der Waals surface area contributed by atoms with Gasteiger partial charge in [-0.2, -0.15) is 0 Å². The summed E-state index contributed by atoms with van der Waals surface area (Å²) >= 11 is 1.77. The van der Waals surface area contributed by atoms with Crippen molar-refractivity contribution in [2.45, 2.75) is 84.6 Å². The molecule has 0 radical (unpaired) electrons. The summed E-state index contributed by atoms with van der Waals surface area (Å²) in [6.45, 7) is 7.69. The van der Waals surface area contributed by atoms with E-state index in [0.717, 1.165) is 6.54 Å². The van der Waals surface area contributed by atoms with Crippen molar-refractivity contribution < 1.29 is 0 Å². The monoisotopic (exact) mass is 296 g/mol. The molecule has 0 saturated heterocycles. The second-order valence-corrected chi connectivity index (χ2v) is 6.77. The van der Waals surface area contributed by atoms with Gasteiger partial charge in [-0.1, -0.05) is 58.8 Å². The van der Waals surface area contributed by atoms with Crippen LogP contribution in [-0.4, -0.2) is 11.5 Å². The van der Waals surface area contributed by atoms with Crippen molar-refractivity contribution in [1.82, 2.24) is 10.3 Å². The van der Waals surface area contributed by atoms with Crippen LogP contribution in [0.1, 0.15) is 88.4 Å². The third kappa shape index (κ3) is 7.39. The van der Waals surface area contributed by atoms with E-state index in [-0.39, 0.29) is 0 Å². The first kappa shape index (κ1) is 17.6. The van der Waals surface area contributed by atoms with Crippen LogP contribution in [0.25, 0.3) is 0 Å². The van der Waals surface area contributed by atoms with Crippen molar-refractivity contribution in [2.75, 3.05) is 6.54 Å². The molecule has 0 spiro atoms. The van der Waals surface area contributed by atoms with E-state index in [0.29, 0.717) is 6.04 Å². The Morgan fingerprint density at radius 1 is 1.05 bits per heavy atom. The van der Waals surface area contributed by atoms with E-state index in [4.69, 9.17) is 0 Å². The predicted octanol–water partition coefficient (Wildman–Crippen LogP) is 5.63. The van der Waals surface area contributed by atoms with Gasteiger partial charge in [0.2, 0.25) is 0 Å². The summed E-state index contributed by atoms with van der Waals surface area (Å²) in [7, 11) is 0. The number of thiazole rings is 1. The Bertz CT molecular complexity index is 335. The zero-order chi connectivity index (χ0) is 14.6. The molecule has 116 valence electrons. The van der Waals surface area contributed by atoms with E-state index in [2.05, 4.69) is 36.5 Å². The highest BCUT2D eigenvalue weighted by atomic mass is 32.1. The number of aromatic nitrogens is 1. The van der Waals surface area contributed by atoms with Gasteiger partial charge in [-0.05, 0) is 26.3 Å². The van der Waals surface area contributed by atoms with E-state index in [1.165, 1.54) is 68.5 Å². The van der Waals surface area contributed by atoms with Gasteiger partial charge in [0.1, 0.15) is 0 Å². The number of rotatable bonds is 12. The molecule has 0 aliphatic heterocycles. The molecule has 1 N–H and O–H groups in total. The highest BCUT2D eigenvalue weighted by Gasteiger charge is 2.13. The molecule has 1 heterocycles. The van der Waals surface area contributed by atoms with Gasteiger partial charge < -0.3 is 5.32 Å². The fraction of sp³-hybridized carbons (Fsp3) is 0.824. The SMILES string of the molecule is CCCCCCCCCC(NCCC)c1csc(C)n1. The molecule has 1 unspecified atom stereocenters. The maximum absolute atomic E-state index is 4.66. The third-order valence-electron chi connectivity index (χ3n) is 3.73. The molecule has 2 nitrogen and oxygen atoms in total. The lowest BCUT2D eigenvalue weighted by atomic mass is 10.0. The Morgan fingerprint density at radius 3 is 2.35 bits per heavy atom. The minimum Gasteiger partial charge on any atom is -0.309 e. The summed E-state index contributed by atoms with van der Waals surface area (Å²) in [6, 6.07) is 0.468. The Balaban J connectivity index is 2.23. The van der Waals surface area contributed by atoms with Crippen molar-refractivity contribution in [3.63, 3.8) is 0 Å². The van der Waals surface area contributed by atoms with Crippen LogP contribution in [-0.2, 0) is 0 Å². The lowest BCUT2D eigenvalue weighted by molar-refractivity contribution is 0.459. The fourth-order valence-corrected chi connectivity index (χ4v) is 3.19. The van der Waals surface area contributed by atoms with Gasteiger partial charge in [0.15, 0.2) is 0 Å². The van der Waals surface area contributed by atoms with Crippen LogP contribution < -0.4 is 5.32 Å². The van der Waals surface area contributed by atoms with E-state index >= 15 is 0 Å². The quantitative estimate of drug-likeness (QED) is 0.505. The van der Waals surface area contributed by atoms with Gasteiger partial charge >= 0.3 is 0 Å². The fourth-order valence-electron chi connectivity index (χ4n) is 2.52. The van der Waals surface area contributed by atoms with Gasteiger partial charge in [-0.25, -0.2) is 4.98 Å².